The van der Waals surface area contributed by atoms with Crippen molar-refractivity contribution in [1.82, 2.24) is 15.1 Å². The van der Waals surface area contributed by atoms with Crippen LogP contribution >= 0.6 is 0 Å². The number of likely N-dealkylation sites (N-methyl/N-ethyl adjacent to an activating group) is 1. The fourth-order valence-corrected chi connectivity index (χ4v) is 3.22. The van der Waals surface area contributed by atoms with Crippen LogP contribution in [0.3, 0.4) is 0 Å². The summed E-state index contributed by atoms with van der Waals surface area (Å²) < 4.78 is 0. The molecule has 1 saturated heterocycles. The quantitative estimate of drug-likeness (QED) is 0.801. The number of hydrogen-bond acceptors (Lipinski definition) is 3. The van der Waals surface area contributed by atoms with Crippen molar-refractivity contribution in [2.45, 2.75) is 51.2 Å². The fourth-order valence-electron chi connectivity index (χ4n) is 3.22. The van der Waals surface area contributed by atoms with E-state index in [-0.39, 0.29) is 6.04 Å². The summed E-state index contributed by atoms with van der Waals surface area (Å²) in [7, 11) is 4.13. The molecular formula is C14H27N3O. The second-order valence-corrected chi connectivity index (χ2v) is 5.95. The molecule has 104 valence electrons. The largest absolute Gasteiger partial charge is 0.324 e. The number of rotatable bonds is 5. The van der Waals surface area contributed by atoms with Crippen LogP contribution in [0.4, 0.5) is 0 Å². The Balaban J connectivity index is 2.02. The lowest BCUT2D eigenvalue weighted by Gasteiger charge is -2.29. The molecule has 18 heavy (non-hydrogen) atoms. The van der Waals surface area contributed by atoms with E-state index in [1.807, 2.05) is 0 Å². The van der Waals surface area contributed by atoms with Gasteiger partial charge < -0.3 is 9.80 Å². The average molecular weight is 253 g/mol. The van der Waals surface area contributed by atoms with Gasteiger partial charge in [0.1, 0.15) is 0 Å². The molecule has 2 fully saturated rings. The second kappa shape index (κ2) is 6.02. The molecule has 0 aromatic heterocycles. The van der Waals surface area contributed by atoms with Gasteiger partial charge >= 0.3 is 0 Å². The van der Waals surface area contributed by atoms with E-state index in [0.29, 0.717) is 18.0 Å². The molecule has 1 aliphatic heterocycles. The highest BCUT2D eigenvalue weighted by molar-refractivity contribution is 5.84. The van der Waals surface area contributed by atoms with Gasteiger partial charge in [0.15, 0.2) is 0 Å². The summed E-state index contributed by atoms with van der Waals surface area (Å²) in [6.45, 7) is 3.90. The Morgan fingerprint density at radius 1 is 1.33 bits per heavy atom. The second-order valence-electron chi connectivity index (χ2n) is 5.95. The number of hydrogen-bond donors (Lipinski definition) is 1. The van der Waals surface area contributed by atoms with Crippen LogP contribution in [0, 0.1) is 5.92 Å². The van der Waals surface area contributed by atoms with E-state index in [1.54, 1.807) is 0 Å². The molecule has 2 atom stereocenters. The molecular weight excluding hydrogens is 226 g/mol. The zero-order chi connectivity index (χ0) is 13.1. The number of carbonyl (C=O) groups excluding carboxylic acids is 1. The third-order valence-electron chi connectivity index (χ3n) is 4.33. The Morgan fingerprint density at radius 2 is 2.00 bits per heavy atom. The monoisotopic (exact) mass is 253 g/mol. The van der Waals surface area contributed by atoms with Crippen LogP contribution in [-0.4, -0.2) is 55.1 Å². The summed E-state index contributed by atoms with van der Waals surface area (Å²) in [6.07, 6.45) is 6.41. The van der Waals surface area contributed by atoms with Crippen molar-refractivity contribution in [2.75, 3.05) is 27.2 Å². The Labute approximate surface area is 111 Å². The first-order chi connectivity index (χ1) is 8.63. The molecule has 2 unspecified atom stereocenters. The lowest BCUT2D eigenvalue weighted by atomic mass is 10.0. The van der Waals surface area contributed by atoms with E-state index in [4.69, 9.17) is 0 Å². The lowest BCUT2D eigenvalue weighted by molar-refractivity contribution is -0.130. The van der Waals surface area contributed by atoms with Crippen LogP contribution in [-0.2, 0) is 4.79 Å². The molecule has 4 nitrogen and oxygen atoms in total. The first-order valence-electron chi connectivity index (χ1n) is 7.34. The predicted molar refractivity (Wildman–Crippen MR) is 73.2 cm³/mol. The SMILES string of the molecule is CCC1NC(C2CCCC2)N(CCN(C)C)C1=O. The molecule has 2 rings (SSSR count). The molecule has 1 N–H and O–H groups in total. The summed E-state index contributed by atoms with van der Waals surface area (Å²) in [5.74, 6) is 0.990. The highest BCUT2D eigenvalue weighted by Gasteiger charge is 2.41. The molecule has 1 saturated carbocycles. The van der Waals surface area contributed by atoms with Crippen molar-refractivity contribution in [3.05, 3.63) is 0 Å². The maximum absolute atomic E-state index is 12.4. The molecule has 1 aliphatic carbocycles. The summed E-state index contributed by atoms with van der Waals surface area (Å²) in [5, 5.41) is 3.56. The van der Waals surface area contributed by atoms with Crippen molar-refractivity contribution < 1.29 is 4.79 Å². The van der Waals surface area contributed by atoms with Gasteiger partial charge in [-0.05, 0) is 39.3 Å². The minimum absolute atomic E-state index is 0.0535. The summed E-state index contributed by atoms with van der Waals surface area (Å²) in [5.41, 5.74) is 0. The van der Waals surface area contributed by atoms with Crippen molar-refractivity contribution in [3.63, 3.8) is 0 Å². The van der Waals surface area contributed by atoms with Gasteiger partial charge in [-0.15, -0.1) is 0 Å². The van der Waals surface area contributed by atoms with E-state index < -0.39 is 0 Å². The number of nitrogens with zero attached hydrogens (tertiary/aromatic N) is 2. The maximum atomic E-state index is 12.4. The Hall–Kier alpha value is -0.610. The molecule has 1 amide bonds. The van der Waals surface area contributed by atoms with Gasteiger partial charge in [0, 0.05) is 13.1 Å². The molecule has 1 heterocycles. The average Bonchev–Trinajstić information content (AvgIpc) is 2.94. The van der Waals surface area contributed by atoms with Crippen LogP contribution in [0.2, 0.25) is 0 Å². The van der Waals surface area contributed by atoms with E-state index in [2.05, 4.69) is 36.1 Å². The van der Waals surface area contributed by atoms with Crippen LogP contribution < -0.4 is 5.32 Å². The molecule has 2 aliphatic rings. The number of nitrogens with one attached hydrogen (secondary N) is 1. The molecule has 0 radical (unpaired) electrons. The number of amides is 1. The maximum Gasteiger partial charge on any atom is 0.241 e. The van der Waals surface area contributed by atoms with Crippen LogP contribution in [0.1, 0.15) is 39.0 Å². The fraction of sp³-hybridized carbons (Fsp3) is 0.929. The number of carbonyl (C=O) groups is 1. The molecule has 0 bridgehead atoms. The van der Waals surface area contributed by atoms with Gasteiger partial charge in [-0.3, -0.25) is 10.1 Å². The predicted octanol–water partition coefficient (Wildman–Crippen LogP) is 1.27. The van der Waals surface area contributed by atoms with Crippen molar-refractivity contribution in [1.29, 1.82) is 0 Å². The molecule has 4 heteroatoms. The normalized spacial score (nSPS) is 29.8. The third kappa shape index (κ3) is 2.86. The molecule has 0 aromatic carbocycles. The van der Waals surface area contributed by atoms with Gasteiger partial charge in [0.05, 0.1) is 12.2 Å². The Morgan fingerprint density at radius 3 is 2.56 bits per heavy atom. The van der Waals surface area contributed by atoms with Crippen molar-refractivity contribution >= 4 is 5.91 Å². The smallest absolute Gasteiger partial charge is 0.241 e. The first-order valence-corrected chi connectivity index (χ1v) is 7.34. The highest BCUT2D eigenvalue weighted by Crippen LogP contribution is 2.32. The minimum Gasteiger partial charge on any atom is -0.324 e. The van der Waals surface area contributed by atoms with Crippen LogP contribution in [0.5, 0.6) is 0 Å². The zero-order valence-electron chi connectivity index (χ0n) is 12.0. The summed E-state index contributed by atoms with van der Waals surface area (Å²) >= 11 is 0. The lowest BCUT2D eigenvalue weighted by Crippen LogP contribution is -2.45. The van der Waals surface area contributed by atoms with E-state index in [9.17, 15) is 4.79 Å². The van der Waals surface area contributed by atoms with E-state index in [1.165, 1.54) is 25.7 Å². The van der Waals surface area contributed by atoms with Crippen molar-refractivity contribution in [2.24, 2.45) is 5.92 Å². The van der Waals surface area contributed by atoms with Gasteiger partial charge in [-0.2, -0.15) is 0 Å². The van der Waals surface area contributed by atoms with E-state index >= 15 is 0 Å². The van der Waals surface area contributed by atoms with E-state index in [0.717, 1.165) is 19.5 Å². The van der Waals surface area contributed by atoms with Gasteiger partial charge in [0.2, 0.25) is 5.91 Å². The van der Waals surface area contributed by atoms with Crippen LogP contribution in [0.15, 0.2) is 0 Å². The van der Waals surface area contributed by atoms with Crippen LogP contribution in [0.25, 0.3) is 0 Å². The molecule has 0 aromatic rings. The molecule has 0 spiro atoms. The standard InChI is InChI=1S/C14H27N3O/c1-4-12-14(18)17(10-9-16(2)3)13(15-12)11-7-5-6-8-11/h11-13,15H,4-10H2,1-3H3. The van der Waals surface area contributed by atoms with Crippen molar-refractivity contribution in [3.8, 4) is 0 Å². The van der Waals surface area contributed by atoms with Gasteiger partial charge in [-0.25, -0.2) is 0 Å². The first kappa shape index (κ1) is 13.8. The minimum atomic E-state index is 0.0535. The summed E-state index contributed by atoms with van der Waals surface area (Å²) in [4.78, 5) is 16.6. The zero-order valence-corrected chi connectivity index (χ0v) is 12.0. The summed E-state index contributed by atoms with van der Waals surface area (Å²) in [6, 6.07) is 0.0535. The topological polar surface area (TPSA) is 35.6 Å². The van der Waals surface area contributed by atoms with Gasteiger partial charge in [0.25, 0.3) is 0 Å². The third-order valence-corrected chi connectivity index (χ3v) is 4.33. The van der Waals surface area contributed by atoms with Gasteiger partial charge in [-0.1, -0.05) is 19.8 Å². The Bertz CT molecular complexity index is 287. The highest BCUT2D eigenvalue weighted by atomic mass is 16.2. The Kier molecular flexibility index (Phi) is 4.62.